The molecule has 13 heavy (non-hydrogen) atoms. The Bertz CT molecular complexity index is 134. The van der Waals surface area contributed by atoms with Crippen LogP contribution in [0.5, 0.6) is 0 Å². The van der Waals surface area contributed by atoms with Gasteiger partial charge in [0, 0.05) is 6.61 Å². The van der Waals surface area contributed by atoms with Gasteiger partial charge < -0.3 is 9.84 Å². The molecule has 0 amide bonds. The average molecular weight is 188 g/mol. The third-order valence-corrected chi connectivity index (χ3v) is 1.91. The van der Waals surface area contributed by atoms with E-state index in [0.29, 0.717) is 13.0 Å². The fourth-order valence-electron chi connectivity index (χ4n) is 1.04. The van der Waals surface area contributed by atoms with Crippen LogP contribution in [0.4, 0.5) is 0 Å². The fraction of sp³-hybridized carbons (Fsp3) is 0.900. The summed E-state index contributed by atoms with van der Waals surface area (Å²) in [5, 5.41) is 8.77. The van der Waals surface area contributed by atoms with Crippen molar-refractivity contribution < 1.29 is 14.6 Å². The normalized spacial score (nSPS) is 12.8. The molecule has 0 fully saturated rings. The molecule has 0 saturated heterocycles. The first-order valence-electron chi connectivity index (χ1n) is 5.06. The average Bonchev–Trinajstić information content (AvgIpc) is 2.10. The molecule has 0 bridgehead atoms. The number of ether oxygens (including phenoxy) is 1. The second-order valence-electron chi connectivity index (χ2n) is 3.19. The molecule has 0 aromatic heterocycles. The highest BCUT2D eigenvalue weighted by Crippen LogP contribution is 2.06. The molecule has 0 aromatic carbocycles. The van der Waals surface area contributed by atoms with Gasteiger partial charge in [0.05, 0.1) is 0 Å². The molecule has 1 atom stereocenters. The number of aliphatic carboxylic acids is 1. The summed E-state index contributed by atoms with van der Waals surface area (Å²) in [6.45, 7) is 4.67. The van der Waals surface area contributed by atoms with Gasteiger partial charge in [0.25, 0.3) is 0 Å². The second kappa shape index (κ2) is 8.05. The van der Waals surface area contributed by atoms with Crippen LogP contribution < -0.4 is 0 Å². The van der Waals surface area contributed by atoms with Crippen molar-refractivity contribution in [2.45, 2.75) is 52.1 Å². The SMILES string of the molecule is CCCCOC(CCCC)C(=O)O. The number of rotatable bonds is 8. The van der Waals surface area contributed by atoms with E-state index in [1.54, 1.807) is 0 Å². The van der Waals surface area contributed by atoms with Crippen LogP contribution >= 0.6 is 0 Å². The van der Waals surface area contributed by atoms with Gasteiger partial charge in [-0.05, 0) is 12.8 Å². The van der Waals surface area contributed by atoms with Gasteiger partial charge in [-0.3, -0.25) is 0 Å². The smallest absolute Gasteiger partial charge is 0.332 e. The van der Waals surface area contributed by atoms with Crippen molar-refractivity contribution in [3.63, 3.8) is 0 Å². The van der Waals surface area contributed by atoms with Crippen LogP contribution in [0.25, 0.3) is 0 Å². The first-order chi connectivity index (χ1) is 6.22. The number of carboxylic acids is 1. The molecular weight excluding hydrogens is 168 g/mol. The molecule has 0 aliphatic rings. The molecule has 1 N–H and O–H groups in total. The number of carboxylic acid groups (broad SMARTS) is 1. The van der Waals surface area contributed by atoms with Gasteiger partial charge in [-0.15, -0.1) is 0 Å². The molecular formula is C10H20O3. The van der Waals surface area contributed by atoms with Crippen LogP contribution in [0.15, 0.2) is 0 Å². The van der Waals surface area contributed by atoms with Crippen molar-refractivity contribution in [2.75, 3.05) is 6.61 Å². The second-order valence-corrected chi connectivity index (χ2v) is 3.19. The monoisotopic (exact) mass is 188 g/mol. The Kier molecular flexibility index (Phi) is 7.69. The molecule has 0 radical (unpaired) electrons. The molecule has 0 aliphatic heterocycles. The van der Waals surface area contributed by atoms with Gasteiger partial charge in [-0.25, -0.2) is 4.79 Å². The zero-order chi connectivity index (χ0) is 10.1. The lowest BCUT2D eigenvalue weighted by Gasteiger charge is -2.12. The summed E-state index contributed by atoms with van der Waals surface area (Å²) < 4.78 is 5.25. The third-order valence-electron chi connectivity index (χ3n) is 1.91. The summed E-state index contributed by atoms with van der Waals surface area (Å²) >= 11 is 0. The van der Waals surface area contributed by atoms with Gasteiger partial charge in [0.15, 0.2) is 6.10 Å². The van der Waals surface area contributed by atoms with Crippen molar-refractivity contribution in [2.24, 2.45) is 0 Å². The third kappa shape index (κ3) is 6.58. The predicted octanol–water partition coefficient (Wildman–Crippen LogP) is 2.45. The van der Waals surface area contributed by atoms with Crippen molar-refractivity contribution in [1.29, 1.82) is 0 Å². The zero-order valence-corrected chi connectivity index (χ0v) is 8.58. The van der Waals surface area contributed by atoms with Gasteiger partial charge in [-0.2, -0.15) is 0 Å². The summed E-state index contributed by atoms with van der Waals surface area (Å²) in [4.78, 5) is 10.7. The Morgan fingerprint density at radius 3 is 2.38 bits per heavy atom. The topological polar surface area (TPSA) is 46.5 Å². The molecule has 0 heterocycles. The van der Waals surface area contributed by atoms with E-state index < -0.39 is 12.1 Å². The predicted molar refractivity (Wildman–Crippen MR) is 51.8 cm³/mol. The standard InChI is InChI=1S/C10H20O3/c1-3-5-7-9(10(11)12)13-8-6-4-2/h9H,3-8H2,1-2H3,(H,11,12). The lowest BCUT2D eigenvalue weighted by molar-refractivity contribution is -0.151. The lowest BCUT2D eigenvalue weighted by Crippen LogP contribution is -2.24. The maximum Gasteiger partial charge on any atom is 0.332 e. The van der Waals surface area contributed by atoms with Crippen LogP contribution in [0, 0.1) is 0 Å². The summed E-state index contributed by atoms with van der Waals surface area (Å²) in [5.41, 5.74) is 0. The van der Waals surface area contributed by atoms with Gasteiger partial charge >= 0.3 is 5.97 Å². The summed E-state index contributed by atoms with van der Waals surface area (Å²) in [7, 11) is 0. The largest absolute Gasteiger partial charge is 0.479 e. The minimum Gasteiger partial charge on any atom is -0.479 e. The van der Waals surface area contributed by atoms with Gasteiger partial charge in [0.2, 0.25) is 0 Å². The minimum atomic E-state index is -0.829. The van der Waals surface area contributed by atoms with E-state index in [1.807, 2.05) is 6.92 Å². The summed E-state index contributed by atoms with van der Waals surface area (Å²) in [6.07, 6.45) is 3.96. The Labute approximate surface area is 80.1 Å². The Morgan fingerprint density at radius 2 is 1.92 bits per heavy atom. The van der Waals surface area contributed by atoms with Crippen molar-refractivity contribution >= 4 is 5.97 Å². The quantitative estimate of drug-likeness (QED) is 0.595. The van der Waals surface area contributed by atoms with Crippen LogP contribution in [0.1, 0.15) is 46.0 Å². The fourth-order valence-corrected chi connectivity index (χ4v) is 1.04. The zero-order valence-electron chi connectivity index (χ0n) is 8.58. The van der Waals surface area contributed by atoms with E-state index in [-0.39, 0.29) is 0 Å². The van der Waals surface area contributed by atoms with Crippen molar-refractivity contribution in [3.05, 3.63) is 0 Å². The van der Waals surface area contributed by atoms with E-state index in [9.17, 15) is 4.79 Å². The van der Waals surface area contributed by atoms with Crippen molar-refractivity contribution in [3.8, 4) is 0 Å². The van der Waals surface area contributed by atoms with Crippen LogP contribution in [0.3, 0.4) is 0 Å². The molecule has 0 aromatic rings. The molecule has 0 spiro atoms. The van der Waals surface area contributed by atoms with E-state index in [4.69, 9.17) is 9.84 Å². The number of unbranched alkanes of at least 4 members (excludes halogenated alkanes) is 2. The Morgan fingerprint density at radius 1 is 1.31 bits per heavy atom. The Hall–Kier alpha value is -0.570. The lowest BCUT2D eigenvalue weighted by atomic mass is 10.1. The first kappa shape index (κ1) is 12.4. The van der Waals surface area contributed by atoms with Gasteiger partial charge in [0.1, 0.15) is 0 Å². The van der Waals surface area contributed by atoms with E-state index >= 15 is 0 Å². The van der Waals surface area contributed by atoms with Crippen molar-refractivity contribution in [1.82, 2.24) is 0 Å². The number of carbonyl (C=O) groups is 1. The van der Waals surface area contributed by atoms with E-state index in [2.05, 4.69) is 6.92 Å². The first-order valence-corrected chi connectivity index (χ1v) is 5.06. The maximum atomic E-state index is 10.7. The summed E-state index contributed by atoms with van der Waals surface area (Å²) in [6, 6.07) is 0. The molecule has 0 saturated carbocycles. The number of hydrogen-bond donors (Lipinski definition) is 1. The molecule has 0 rings (SSSR count). The van der Waals surface area contributed by atoms with Crippen LogP contribution in [0.2, 0.25) is 0 Å². The minimum absolute atomic E-state index is 0.567. The Balaban J connectivity index is 3.61. The molecule has 3 nitrogen and oxygen atoms in total. The summed E-state index contributed by atoms with van der Waals surface area (Å²) in [5.74, 6) is -0.829. The molecule has 78 valence electrons. The highest BCUT2D eigenvalue weighted by Gasteiger charge is 2.16. The van der Waals surface area contributed by atoms with E-state index in [0.717, 1.165) is 25.7 Å². The van der Waals surface area contributed by atoms with E-state index in [1.165, 1.54) is 0 Å². The molecule has 0 aliphatic carbocycles. The molecule has 1 unspecified atom stereocenters. The highest BCUT2D eigenvalue weighted by molar-refractivity contribution is 5.72. The van der Waals surface area contributed by atoms with Crippen LogP contribution in [-0.2, 0) is 9.53 Å². The highest BCUT2D eigenvalue weighted by atomic mass is 16.5. The van der Waals surface area contributed by atoms with Crippen LogP contribution in [-0.4, -0.2) is 23.8 Å². The molecule has 3 heteroatoms. The maximum absolute atomic E-state index is 10.7. The van der Waals surface area contributed by atoms with Gasteiger partial charge in [-0.1, -0.05) is 33.1 Å². The number of hydrogen-bond acceptors (Lipinski definition) is 2.